The van der Waals surface area contributed by atoms with E-state index in [0.29, 0.717) is 18.9 Å². The molecule has 0 saturated heterocycles. The Bertz CT molecular complexity index is 307. The molecule has 3 atom stereocenters. The molecule has 1 rings (SSSR count). The molecule has 2 unspecified atom stereocenters. The van der Waals surface area contributed by atoms with Gasteiger partial charge in [-0.05, 0) is 38.0 Å². The van der Waals surface area contributed by atoms with Crippen molar-refractivity contribution in [3.63, 3.8) is 0 Å². The molecule has 1 aliphatic carbocycles. The van der Waals surface area contributed by atoms with Gasteiger partial charge >= 0.3 is 12.0 Å². The van der Waals surface area contributed by atoms with Crippen LogP contribution in [0.25, 0.3) is 0 Å². The van der Waals surface area contributed by atoms with E-state index in [1.807, 2.05) is 0 Å². The summed E-state index contributed by atoms with van der Waals surface area (Å²) in [5.41, 5.74) is 0. The number of hydrogen-bond acceptors (Lipinski definition) is 2. The third-order valence-corrected chi connectivity index (χ3v) is 3.90. The number of rotatable bonds is 6. The van der Waals surface area contributed by atoms with E-state index in [0.717, 1.165) is 5.92 Å². The van der Waals surface area contributed by atoms with Gasteiger partial charge in [-0.3, -0.25) is 4.79 Å². The number of carbonyl (C=O) groups is 2. The normalized spacial score (nSPS) is 24.5. The lowest BCUT2D eigenvalue weighted by Crippen LogP contribution is -2.45. The third kappa shape index (κ3) is 6.45. The minimum absolute atomic E-state index is 0.0932. The van der Waals surface area contributed by atoms with Crippen molar-refractivity contribution in [1.29, 1.82) is 0 Å². The molecule has 110 valence electrons. The van der Waals surface area contributed by atoms with Gasteiger partial charge in [-0.15, -0.1) is 0 Å². The molecule has 5 heteroatoms. The maximum absolute atomic E-state index is 11.7. The smallest absolute Gasteiger partial charge is 0.315 e. The Morgan fingerprint density at radius 3 is 2.74 bits per heavy atom. The predicted molar refractivity (Wildman–Crippen MR) is 74.0 cm³/mol. The van der Waals surface area contributed by atoms with Gasteiger partial charge in [0.05, 0.1) is 0 Å². The van der Waals surface area contributed by atoms with E-state index in [-0.39, 0.29) is 18.5 Å². The summed E-state index contributed by atoms with van der Waals surface area (Å²) in [6.07, 6.45) is 5.47. The number of hydrogen-bond donors (Lipinski definition) is 3. The Hall–Kier alpha value is -1.26. The lowest BCUT2D eigenvalue weighted by atomic mass is 9.79. The van der Waals surface area contributed by atoms with Crippen molar-refractivity contribution < 1.29 is 14.7 Å². The molecule has 0 aromatic carbocycles. The zero-order chi connectivity index (χ0) is 14.3. The summed E-state index contributed by atoms with van der Waals surface area (Å²) in [4.78, 5) is 22.0. The summed E-state index contributed by atoms with van der Waals surface area (Å²) < 4.78 is 0. The first-order valence-electron chi connectivity index (χ1n) is 7.25. The van der Waals surface area contributed by atoms with Gasteiger partial charge in [0.25, 0.3) is 0 Å². The molecule has 1 aliphatic rings. The highest BCUT2D eigenvalue weighted by atomic mass is 16.4. The molecule has 2 amide bonds. The van der Waals surface area contributed by atoms with Crippen LogP contribution < -0.4 is 10.6 Å². The van der Waals surface area contributed by atoms with Crippen LogP contribution in [0.3, 0.4) is 0 Å². The van der Waals surface area contributed by atoms with E-state index >= 15 is 0 Å². The van der Waals surface area contributed by atoms with Crippen molar-refractivity contribution in [2.24, 2.45) is 11.8 Å². The molecule has 1 fully saturated rings. The summed E-state index contributed by atoms with van der Waals surface area (Å²) >= 11 is 0. The molecule has 0 spiro atoms. The molecule has 5 nitrogen and oxygen atoms in total. The van der Waals surface area contributed by atoms with Crippen LogP contribution in [-0.4, -0.2) is 29.7 Å². The monoisotopic (exact) mass is 270 g/mol. The van der Waals surface area contributed by atoms with E-state index in [4.69, 9.17) is 5.11 Å². The molecule has 19 heavy (non-hydrogen) atoms. The van der Waals surface area contributed by atoms with Gasteiger partial charge in [0.1, 0.15) is 0 Å². The summed E-state index contributed by atoms with van der Waals surface area (Å²) in [6.45, 7) is 4.73. The standard InChI is InChI=1S/C14H26N2O3/c1-10-5-3-6-12(9-10)11(2)16-14(19)15-8-4-7-13(17)18/h10-12H,3-9H2,1-2H3,(H,17,18)(H2,15,16,19)/t10?,11-,12?/m0/s1. The largest absolute Gasteiger partial charge is 0.481 e. The summed E-state index contributed by atoms with van der Waals surface area (Å²) in [5, 5.41) is 14.2. The lowest BCUT2D eigenvalue weighted by Gasteiger charge is -2.31. The average Bonchev–Trinajstić information content (AvgIpc) is 2.34. The lowest BCUT2D eigenvalue weighted by molar-refractivity contribution is -0.137. The summed E-state index contributed by atoms with van der Waals surface area (Å²) in [5.74, 6) is 0.488. The van der Waals surface area contributed by atoms with Crippen LogP contribution in [0.4, 0.5) is 4.79 Å². The quantitative estimate of drug-likeness (QED) is 0.648. The van der Waals surface area contributed by atoms with E-state index in [1.165, 1.54) is 25.7 Å². The molecule has 3 N–H and O–H groups in total. The number of urea groups is 1. The molecule has 1 saturated carbocycles. The van der Waals surface area contributed by atoms with Gasteiger partial charge in [0.15, 0.2) is 0 Å². The second-order valence-corrected chi connectivity index (χ2v) is 5.72. The zero-order valence-corrected chi connectivity index (χ0v) is 11.9. The number of amides is 2. The van der Waals surface area contributed by atoms with Crippen molar-refractivity contribution in [2.75, 3.05) is 6.54 Å². The fraction of sp³-hybridized carbons (Fsp3) is 0.857. The number of carboxylic acids is 1. The first-order chi connectivity index (χ1) is 8.99. The minimum Gasteiger partial charge on any atom is -0.481 e. The van der Waals surface area contributed by atoms with Crippen LogP contribution in [-0.2, 0) is 4.79 Å². The molecule has 0 heterocycles. The van der Waals surface area contributed by atoms with Gasteiger partial charge in [-0.25, -0.2) is 4.79 Å². The Balaban J connectivity index is 2.18. The Morgan fingerprint density at radius 1 is 1.37 bits per heavy atom. The Labute approximate surface area is 115 Å². The molecular formula is C14H26N2O3. The summed E-state index contributed by atoms with van der Waals surface area (Å²) in [6, 6.07) is -0.00154. The van der Waals surface area contributed by atoms with Gasteiger partial charge in [0.2, 0.25) is 0 Å². The van der Waals surface area contributed by atoms with Crippen LogP contribution in [0.5, 0.6) is 0 Å². The maximum Gasteiger partial charge on any atom is 0.315 e. The molecule has 0 bridgehead atoms. The molecule has 0 aliphatic heterocycles. The number of aliphatic carboxylic acids is 1. The van der Waals surface area contributed by atoms with Gasteiger partial charge in [-0.1, -0.05) is 19.8 Å². The predicted octanol–water partition coefficient (Wildman–Crippen LogP) is 2.37. The molecular weight excluding hydrogens is 244 g/mol. The van der Waals surface area contributed by atoms with Crippen molar-refractivity contribution in [3.8, 4) is 0 Å². The number of carboxylic acid groups (broad SMARTS) is 1. The van der Waals surface area contributed by atoms with Crippen LogP contribution in [0.15, 0.2) is 0 Å². The zero-order valence-electron chi connectivity index (χ0n) is 11.9. The van der Waals surface area contributed by atoms with Gasteiger partial charge in [0, 0.05) is 19.0 Å². The van der Waals surface area contributed by atoms with Gasteiger partial charge < -0.3 is 15.7 Å². The molecule has 0 radical (unpaired) electrons. The number of carbonyl (C=O) groups excluding carboxylic acids is 1. The second kappa shape index (κ2) is 8.02. The Kier molecular flexibility index (Phi) is 6.67. The van der Waals surface area contributed by atoms with E-state index < -0.39 is 5.97 Å². The highest BCUT2D eigenvalue weighted by Gasteiger charge is 2.24. The second-order valence-electron chi connectivity index (χ2n) is 5.72. The van der Waals surface area contributed by atoms with E-state index in [9.17, 15) is 9.59 Å². The van der Waals surface area contributed by atoms with Gasteiger partial charge in [-0.2, -0.15) is 0 Å². The minimum atomic E-state index is -0.827. The summed E-state index contributed by atoms with van der Waals surface area (Å²) in [7, 11) is 0. The van der Waals surface area contributed by atoms with Crippen molar-refractivity contribution in [2.45, 2.75) is 58.4 Å². The van der Waals surface area contributed by atoms with Crippen LogP contribution in [0.1, 0.15) is 52.4 Å². The van der Waals surface area contributed by atoms with Crippen LogP contribution >= 0.6 is 0 Å². The maximum atomic E-state index is 11.7. The first kappa shape index (κ1) is 15.8. The fourth-order valence-corrected chi connectivity index (χ4v) is 2.75. The van der Waals surface area contributed by atoms with Crippen LogP contribution in [0, 0.1) is 11.8 Å². The van der Waals surface area contributed by atoms with Crippen molar-refractivity contribution >= 4 is 12.0 Å². The Morgan fingerprint density at radius 2 is 2.11 bits per heavy atom. The first-order valence-corrected chi connectivity index (χ1v) is 7.25. The van der Waals surface area contributed by atoms with Crippen LogP contribution in [0.2, 0.25) is 0 Å². The number of nitrogens with one attached hydrogen (secondary N) is 2. The van der Waals surface area contributed by atoms with Crippen molar-refractivity contribution in [1.82, 2.24) is 10.6 Å². The fourth-order valence-electron chi connectivity index (χ4n) is 2.75. The average molecular weight is 270 g/mol. The van der Waals surface area contributed by atoms with E-state index in [2.05, 4.69) is 24.5 Å². The topological polar surface area (TPSA) is 78.4 Å². The third-order valence-electron chi connectivity index (χ3n) is 3.90. The SMILES string of the molecule is CC1CCCC([C@H](C)NC(=O)NCCCC(=O)O)C1. The molecule has 0 aromatic heterocycles. The highest BCUT2D eigenvalue weighted by molar-refractivity contribution is 5.74. The molecule has 0 aromatic rings. The van der Waals surface area contributed by atoms with Crippen molar-refractivity contribution in [3.05, 3.63) is 0 Å². The highest BCUT2D eigenvalue weighted by Crippen LogP contribution is 2.30. The van der Waals surface area contributed by atoms with E-state index in [1.54, 1.807) is 0 Å².